The molecular formula is C83H94BN3S. The highest BCUT2D eigenvalue weighted by Gasteiger charge is 2.48. The molecule has 0 amide bonds. The first-order valence-electron chi connectivity index (χ1n) is 33.2. The molecular weight excluding hydrogens is 1080 g/mol. The maximum absolute atomic E-state index is 2.73. The van der Waals surface area contributed by atoms with E-state index in [1.807, 2.05) is 11.3 Å². The minimum absolute atomic E-state index is 0.00234. The summed E-state index contributed by atoms with van der Waals surface area (Å²) in [5.74, 6) is 0. The predicted octanol–water partition coefficient (Wildman–Crippen LogP) is 22.1. The molecule has 0 spiro atoms. The minimum atomic E-state index is -0.0444. The van der Waals surface area contributed by atoms with Crippen molar-refractivity contribution < 1.29 is 0 Å². The van der Waals surface area contributed by atoms with Crippen LogP contribution in [0.15, 0.2) is 152 Å². The Balaban J connectivity index is 1.08. The summed E-state index contributed by atoms with van der Waals surface area (Å²) in [7, 11) is 0. The van der Waals surface area contributed by atoms with Crippen molar-refractivity contribution in [3.8, 4) is 11.1 Å². The van der Waals surface area contributed by atoms with Crippen molar-refractivity contribution >= 4 is 95.0 Å². The van der Waals surface area contributed by atoms with Gasteiger partial charge in [-0.05, 0) is 240 Å². The third kappa shape index (κ3) is 9.30. The van der Waals surface area contributed by atoms with Gasteiger partial charge in [0.1, 0.15) is 0 Å². The molecule has 0 saturated carbocycles. The van der Waals surface area contributed by atoms with Gasteiger partial charge in [-0.25, -0.2) is 0 Å². The van der Waals surface area contributed by atoms with Crippen LogP contribution in [-0.4, -0.2) is 6.71 Å². The number of hydrogen-bond acceptors (Lipinski definition) is 4. The monoisotopic (exact) mass is 1180 g/mol. The fraction of sp³-hybridized carbons (Fsp3) is 0.398. The van der Waals surface area contributed by atoms with Gasteiger partial charge in [0.05, 0.1) is 11.4 Å². The molecule has 0 saturated heterocycles. The smallest absolute Gasteiger partial charge is 0.264 e. The summed E-state index contributed by atoms with van der Waals surface area (Å²) >= 11 is 2.05. The standard InChI is InChI=1S/C83H94BN3S/c1-51-43-70-73-71(44-51)87(68-36-27-54(77(5,6)7)45-59(68)52-23-21-20-22-24-52)74-60-49-65-66(83(18,19)42-41-82(65,16)17)50-72(60)88-75(74)84(73)67-35-32-58(48-69(67)86(70)55-28-25-53(26-29-55)76(2,3)4)85(56-30-33-61-63(46-56)80(12,13)39-37-78(61,8)9)57-31-34-62-64(47-57)81(14,15)40-38-79(62,10)11/h20-36,43-50H,37-42H2,1-19H3. The lowest BCUT2D eigenvalue weighted by atomic mass is 9.36. The van der Waals surface area contributed by atoms with Crippen molar-refractivity contribution in [1.82, 2.24) is 0 Å². The van der Waals surface area contributed by atoms with Crippen molar-refractivity contribution in [2.75, 3.05) is 14.7 Å². The van der Waals surface area contributed by atoms with Crippen molar-refractivity contribution in [1.29, 1.82) is 0 Å². The van der Waals surface area contributed by atoms with Gasteiger partial charge < -0.3 is 14.7 Å². The van der Waals surface area contributed by atoms with Gasteiger partial charge in [-0.3, -0.25) is 0 Å². The Morgan fingerprint density at radius 2 is 0.886 bits per heavy atom. The molecule has 3 nitrogen and oxygen atoms in total. The van der Waals surface area contributed by atoms with Gasteiger partial charge in [0.15, 0.2) is 0 Å². The van der Waals surface area contributed by atoms with E-state index in [4.69, 9.17) is 0 Å². The summed E-state index contributed by atoms with van der Waals surface area (Å²) in [4.78, 5) is 8.02. The van der Waals surface area contributed by atoms with Crippen molar-refractivity contribution in [3.05, 3.63) is 202 Å². The zero-order chi connectivity index (χ0) is 62.4. The molecule has 0 atom stereocenters. The van der Waals surface area contributed by atoms with E-state index in [0.29, 0.717) is 0 Å². The number of benzene rings is 8. The first kappa shape index (κ1) is 58.8. The zero-order valence-electron chi connectivity index (χ0n) is 56.5. The van der Waals surface area contributed by atoms with E-state index >= 15 is 0 Å². The van der Waals surface area contributed by atoms with Crippen LogP contribution in [0.5, 0.6) is 0 Å². The molecule has 0 N–H and O–H groups in total. The Hall–Kier alpha value is -6.82. The molecule has 5 aliphatic rings. The number of rotatable bonds is 6. The SMILES string of the molecule is Cc1cc2c3c(c1)N(c1ccc(C(C)(C)C)cc1-c1ccccc1)c1c(sc4cc5c(cc14)C(C)(C)CCC5(C)C)B3c1ccc(N(c3ccc4c(c3)C(C)(C)CCC4(C)C)c3ccc4c(c3)C(C)(C)CCC4(C)C)cc1N2c1ccc(C(C)(C)C)cc1. The van der Waals surface area contributed by atoms with Crippen molar-refractivity contribution in [3.63, 3.8) is 0 Å². The number of hydrogen-bond donors (Lipinski definition) is 0. The van der Waals surface area contributed by atoms with Crippen LogP contribution in [0, 0.1) is 6.92 Å². The maximum Gasteiger partial charge on any atom is 0.264 e. The van der Waals surface area contributed by atoms with Gasteiger partial charge in [-0.2, -0.15) is 0 Å². The normalized spacial score (nSPS) is 18.8. The molecule has 450 valence electrons. The highest BCUT2D eigenvalue weighted by molar-refractivity contribution is 7.33. The summed E-state index contributed by atoms with van der Waals surface area (Å²) < 4.78 is 2.79. The van der Waals surface area contributed by atoms with E-state index in [1.165, 1.54) is 157 Å². The molecule has 9 aromatic rings. The molecule has 14 rings (SSSR count). The molecule has 5 heteroatoms. The topological polar surface area (TPSA) is 9.72 Å². The third-order valence-corrected chi connectivity index (χ3v) is 23.6. The average Bonchev–Trinajstić information content (AvgIpc) is 1.32. The Kier molecular flexibility index (Phi) is 13.1. The van der Waals surface area contributed by atoms with Crippen LogP contribution >= 0.6 is 11.3 Å². The largest absolute Gasteiger partial charge is 0.311 e. The molecule has 0 fully saturated rings. The fourth-order valence-corrected chi connectivity index (χ4v) is 17.7. The molecule has 0 bridgehead atoms. The summed E-state index contributed by atoms with van der Waals surface area (Å²) in [5.41, 5.74) is 29.4. The number of fused-ring (bicyclic) bond motifs is 9. The Bertz CT molecular complexity index is 4240. The molecule has 0 radical (unpaired) electrons. The molecule has 8 aromatic carbocycles. The number of anilines is 9. The first-order chi connectivity index (χ1) is 41.2. The lowest BCUT2D eigenvalue weighted by molar-refractivity contribution is 0.332. The van der Waals surface area contributed by atoms with Gasteiger partial charge in [-0.15, -0.1) is 11.3 Å². The molecule has 0 unspecified atom stereocenters. The highest BCUT2D eigenvalue weighted by atomic mass is 32.1. The van der Waals surface area contributed by atoms with Crippen molar-refractivity contribution in [2.45, 2.75) is 213 Å². The maximum atomic E-state index is 2.73. The van der Waals surface area contributed by atoms with E-state index in [9.17, 15) is 0 Å². The third-order valence-electron chi connectivity index (χ3n) is 22.4. The lowest BCUT2D eigenvalue weighted by Crippen LogP contribution is -2.60. The second-order valence-corrected chi connectivity index (χ2v) is 34.6. The Labute approximate surface area is 532 Å². The van der Waals surface area contributed by atoms with E-state index in [1.54, 1.807) is 0 Å². The van der Waals surface area contributed by atoms with E-state index in [0.717, 1.165) is 19.3 Å². The lowest BCUT2D eigenvalue weighted by Gasteiger charge is -2.45. The van der Waals surface area contributed by atoms with Crippen LogP contribution in [0.2, 0.25) is 0 Å². The van der Waals surface area contributed by atoms with E-state index in [2.05, 4.69) is 298 Å². The van der Waals surface area contributed by atoms with Crippen LogP contribution in [-0.2, 0) is 43.3 Å². The second kappa shape index (κ2) is 19.6. The Morgan fingerprint density at radius 3 is 1.42 bits per heavy atom. The van der Waals surface area contributed by atoms with E-state index in [-0.39, 0.29) is 50.0 Å². The molecule has 3 heterocycles. The van der Waals surface area contributed by atoms with Crippen LogP contribution in [0.3, 0.4) is 0 Å². The summed E-state index contributed by atoms with van der Waals surface area (Å²) in [5, 5.41) is 1.36. The minimum Gasteiger partial charge on any atom is -0.311 e. The number of nitrogens with zero attached hydrogens (tertiary/aromatic N) is 3. The van der Waals surface area contributed by atoms with Gasteiger partial charge in [0.25, 0.3) is 6.71 Å². The van der Waals surface area contributed by atoms with Crippen LogP contribution in [0.25, 0.3) is 21.2 Å². The molecule has 88 heavy (non-hydrogen) atoms. The first-order valence-corrected chi connectivity index (χ1v) is 34.0. The van der Waals surface area contributed by atoms with Gasteiger partial charge >= 0.3 is 0 Å². The summed E-state index contributed by atoms with van der Waals surface area (Å²) in [6, 6.07) is 61.2. The van der Waals surface area contributed by atoms with Crippen molar-refractivity contribution in [2.24, 2.45) is 0 Å². The molecule has 2 aliphatic heterocycles. The molecule has 3 aliphatic carbocycles. The molecule has 1 aromatic heterocycles. The second-order valence-electron chi connectivity index (χ2n) is 33.5. The van der Waals surface area contributed by atoms with Crippen LogP contribution in [0.4, 0.5) is 51.2 Å². The van der Waals surface area contributed by atoms with Crippen LogP contribution < -0.4 is 30.4 Å². The number of aryl methyl sites for hydroxylation is 1. The average molecular weight is 1180 g/mol. The Morgan fingerprint density at radius 1 is 0.420 bits per heavy atom. The fourth-order valence-electron chi connectivity index (χ4n) is 16.4. The van der Waals surface area contributed by atoms with E-state index < -0.39 is 0 Å². The number of thiophene rings is 1. The summed E-state index contributed by atoms with van der Waals surface area (Å²) in [6.45, 7) is 46.0. The predicted molar refractivity (Wildman–Crippen MR) is 384 cm³/mol. The summed E-state index contributed by atoms with van der Waals surface area (Å²) in [6.07, 6.45) is 7.02. The highest BCUT2D eigenvalue weighted by Crippen LogP contribution is 2.56. The van der Waals surface area contributed by atoms with Gasteiger partial charge in [-0.1, -0.05) is 191 Å². The van der Waals surface area contributed by atoms with Crippen LogP contribution in [0.1, 0.15) is 213 Å². The van der Waals surface area contributed by atoms with Gasteiger partial charge in [0, 0.05) is 60.2 Å². The van der Waals surface area contributed by atoms with Gasteiger partial charge in [0.2, 0.25) is 0 Å². The quantitative estimate of drug-likeness (QED) is 0.154. The zero-order valence-corrected chi connectivity index (χ0v) is 57.3.